The molecule has 1 N–H and O–H groups in total. The van der Waals surface area contributed by atoms with Gasteiger partial charge in [0.1, 0.15) is 0 Å². The van der Waals surface area contributed by atoms with E-state index in [1.54, 1.807) is 17.0 Å². The lowest BCUT2D eigenvalue weighted by Crippen LogP contribution is -2.41. The summed E-state index contributed by atoms with van der Waals surface area (Å²) in [4.78, 5) is 14.3. The minimum absolute atomic E-state index is 0.0202. The summed E-state index contributed by atoms with van der Waals surface area (Å²) in [7, 11) is -3.05. The van der Waals surface area contributed by atoms with Crippen LogP contribution in [-0.2, 0) is 9.84 Å². The van der Waals surface area contributed by atoms with Gasteiger partial charge in [0.15, 0.2) is 21.3 Å². The van der Waals surface area contributed by atoms with Crippen molar-refractivity contribution in [1.82, 2.24) is 15.1 Å². The van der Waals surface area contributed by atoms with E-state index in [0.29, 0.717) is 18.8 Å². The number of hydrogen-bond donors (Lipinski definition) is 1. The fourth-order valence-corrected chi connectivity index (χ4v) is 5.17. The first-order valence-corrected chi connectivity index (χ1v) is 10.8. The molecule has 0 bridgehead atoms. The number of amides is 1. The normalized spacial score (nSPS) is 18.3. The zero-order valence-electron chi connectivity index (χ0n) is 15.8. The van der Waals surface area contributed by atoms with Crippen molar-refractivity contribution in [2.24, 2.45) is 0 Å². The van der Waals surface area contributed by atoms with Crippen molar-refractivity contribution in [1.29, 1.82) is 0 Å². The van der Waals surface area contributed by atoms with E-state index < -0.39 is 9.84 Å². The van der Waals surface area contributed by atoms with Gasteiger partial charge in [-0.3, -0.25) is 4.79 Å². The molecule has 0 radical (unpaired) electrons. The van der Waals surface area contributed by atoms with E-state index in [1.165, 1.54) is 0 Å². The highest BCUT2D eigenvalue weighted by molar-refractivity contribution is 7.91. The maximum absolute atomic E-state index is 12.7. The Morgan fingerprint density at radius 1 is 1.19 bits per heavy atom. The van der Waals surface area contributed by atoms with Gasteiger partial charge in [0, 0.05) is 18.3 Å². The van der Waals surface area contributed by atoms with Crippen molar-refractivity contribution in [2.45, 2.75) is 33.2 Å². The molecule has 1 unspecified atom stereocenters. The molecular formula is C19H24N4O3S. The summed E-state index contributed by atoms with van der Waals surface area (Å²) in [5.74, 6) is 0.409. The molecule has 8 heteroatoms. The molecule has 0 saturated carbocycles. The SMILES string of the molecule is CCN(C(=O)c1ccc(Nc2cc(C)cc(C)c2)nn1)C1CCS(=O)(=O)C1. The van der Waals surface area contributed by atoms with Gasteiger partial charge in [-0.15, -0.1) is 10.2 Å². The van der Waals surface area contributed by atoms with Crippen LogP contribution in [0, 0.1) is 13.8 Å². The van der Waals surface area contributed by atoms with E-state index >= 15 is 0 Å². The van der Waals surface area contributed by atoms with Crippen LogP contribution >= 0.6 is 0 Å². The molecule has 7 nitrogen and oxygen atoms in total. The van der Waals surface area contributed by atoms with Crippen molar-refractivity contribution >= 4 is 27.2 Å². The molecular weight excluding hydrogens is 364 g/mol. The molecule has 27 heavy (non-hydrogen) atoms. The Morgan fingerprint density at radius 2 is 1.89 bits per heavy atom. The minimum atomic E-state index is -3.05. The number of nitrogens with one attached hydrogen (secondary N) is 1. The van der Waals surface area contributed by atoms with Crippen molar-refractivity contribution in [3.05, 3.63) is 47.2 Å². The number of nitrogens with zero attached hydrogens (tertiary/aromatic N) is 3. The van der Waals surface area contributed by atoms with Gasteiger partial charge in [-0.25, -0.2) is 8.42 Å². The van der Waals surface area contributed by atoms with Crippen LogP contribution < -0.4 is 5.32 Å². The highest BCUT2D eigenvalue weighted by atomic mass is 32.2. The Morgan fingerprint density at radius 3 is 2.41 bits per heavy atom. The highest BCUT2D eigenvalue weighted by Crippen LogP contribution is 2.21. The summed E-state index contributed by atoms with van der Waals surface area (Å²) in [5.41, 5.74) is 3.41. The van der Waals surface area contributed by atoms with Crippen molar-refractivity contribution in [3.8, 4) is 0 Å². The number of aryl methyl sites for hydroxylation is 2. The Kier molecular flexibility index (Phi) is 5.46. The van der Waals surface area contributed by atoms with Crippen LogP contribution in [0.5, 0.6) is 0 Å². The number of aromatic nitrogens is 2. The van der Waals surface area contributed by atoms with Gasteiger partial charge >= 0.3 is 0 Å². The molecule has 1 aliphatic rings. The minimum Gasteiger partial charge on any atom is -0.339 e. The summed E-state index contributed by atoms with van der Waals surface area (Å²) < 4.78 is 23.4. The maximum atomic E-state index is 12.7. The molecule has 1 fully saturated rings. The molecule has 0 aliphatic carbocycles. The second kappa shape index (κ2) is 7.64. The van der Waals surface area contributed by atoms with Gasteiger partial charge < -0.3 is 10.2 Å². The van der Waals surface area contributed by atoms with Crippen LogP contribution in [0.3, 0.4) is 0 Å². The standard InChI is InChI=1S/C19H24N4O3S/c1-4-23(16-7-8-27(25,26)12-16)19(24)17-5-6-18(22-21-17)20-15-10-13(2)9-14(3)11-15/h5-6,9-11,16H,4,7-8,12H2,1-3H3,(H,20,22). The Labute approximate surface area is 159 Å². The summed E-state index contributed by atoms with van der Waals surface area (Å²) >= 11 is 0. The highest BCUT2D eigenvalue weighted by Gasteiger charge is 2.34. The monoisotopic (exact) mass is 388 g/mol. The lowest BCUT2D eigenvalue weighted by atomic mass is 10.1. The third kappa shape index (κ3) is 4.63. The van der Waals surface area contributed by atoms with Gasteiger partial charge in [-0.05, 0) is 62.6 Å². The Balaban J connectivity index is 1.73. The van der Waals surface area contributed by atoms with E-state index in [2.05, 4.69) is 21.6 Å². The summed E-state index contributed by atoms with van der Waals surface area (Å²) in [6, 6.07) is 9.13. The number of carbonyl (C=O) groups excluding carboxylic acids is 1. The van der Waals surface area contributed by atoms with Gasteiger partial charge in [-0.2, -0.15) is 0 Å². The molecule has 1 aliphatic heterocycles. The van der Waals surface area contributed by atoms with Gasteiger partial charge in [0.2, 0.25) is 0 Å². The number of benzene rings is 1. The zero-order chi connectivity index (χ0) is 19.6. The number of hydrogen-bond acceptors (Lipinski definition) is 6. The second-order valence-corrected chi connectivity index (χ2v) is 9.18. The average Bonchev–Trinajstić information content (AvgIpc) is 2.95. The molecule has 1 aromatic heterocycles. The molecule has 144 valence electrons. The van der Waals surface area contributed by atoms with Crippen LogP contribution in [0.15, 0.2) is 30.3 Å². The van der Waals surface area contributed by atoms with Gasteiger partial charge in [0.05, 0.1) is 11.5 Å². The summed E-state index contributed by atoms with van der Waals surface area (Å²) in [6.45, 7) is 6.32. The first kappa shape index (κ1) is 19.3. The van der Waals surface area contributed by atoms with Crippen LogP contribution in [0.2, 0.25) is 0 Å². The zero-order valence-corrected chi connectivity index (χ0v) is 16.6. The largest absolute Gasteiger partial charge is 0.339 e. The quantitative estimate of drug-likeness (QED) is 0.846. The van der Waals surface area contributed by atoms with E-state index in [1.807, 2.05) is 32.9 Å². The number of anilines is 2. The lowest BCUT2D eigenvalue weighted by Gasteiger charge is -2.26. The molecule has 0 spiro atoms. The van der Waals surface area contributed by atoms with Crippen molar-refractivity contribution in [3.63, 3.8) is 0 Å². The topological polar surface area (TPSA) is 92.3 Å². The lowest BCUT2D eigenvalue weighted by molar-refractivity contribution is 0.0701. The first-order chi connectivity index (χ1) is 12.8. The number of rotatable bonds is 5. The van der Waals surface area contributed by atoms with Crippen LogP contribution in [-0.4, -0.2) is 53.5 Å². The second-order valence-electron chi connectivity index (χ2n) is 6.95. The molecule has 2 heterocycles. The van der Waals surface area contributed by atoms with Gasteiger partial charge in [0.25, 0.3) is 5.91 Å². The predicted octanol–water partition coefficient (Wildman–Crippen LogP) is 2.49. The molecule has 1 amide bonds. The molecule has 1 atom stereocenters. The third-order valence-corrected chi connectivity index (χ3v) is 6.38. The summed E-state index contributed by atoms with van der Waals surface area (Å²) in [5, 5.41) is 11.3. The maximum Gasteiger partial charge on any atom is 0.274 e. The average molecular weight is 388 g/mol. The van der Waals surface area contributed by atoms with Crippen LogP contribution in [0.4, 0.5) is 11.5 Å². The van der Waals surface area contributed by atoms with E-state index in [0.717, 1.165) is 16.8 Å². The third-order valence-electron chi connectivity index (χ3n) is 4.63. The van der Waals surface area contributed by atoms with Crippen molar-refractivity contribution < 1.29 is 13.2 Å². The van der Waals surface area contributed by atoms with Crippen LogP contribution in [0.1, 0.15) is 35.0 Å². The number of sulfone groups is 1. The fourth-order valence-electron chi connectivity index (χ4n) is 3.44. The molecule has 1 saturated heterocycles. The first-order valence-electron chi connectivity index (χ1n) is 8.98. The summed E-state index contributed by atoms with van der Waals surface area (Å²) in [6.07, 6.45) is 0.474. The Bertz CT molecular complexity index is 922. The number of carbonyl (C=O) groups is 1. The van der Waals surface area contributed by atoms with E-state index in [4.69, 9.17) is 0 Å². The Hall–Kier alpha value is -2.48. The molecule has 3 rings (SSSR count). The van der Waals surface area contributed by atoms with Crippen molar-refractivity contribution in [2.75, 3.05) is 23.4 Å². The fraction of sp³-hybridized carbons (Fsp3) is 0.421. The molecule has 1 aromatic carbocycles. The van der Waals surface area contributed by atoms with Crippen LogP contribution in [0.25, 0.3) is 0 Å². The smallest absolute Gasteiger partial charge is 0.274 e. The van der Waals surface area contributed by atoms with E-state index in [9.17, 15) is 13.2 Å². The van der Waals surface area contributed by atoms with Gasteiger partial charge in [-0.1, -0.05) is 6.07 Å². The van der Waals surface area contributed by atoms with E-state index in [-0.39, 0.29) is 29.1 Å². The molecule has 2 aromatic rings. The predicted molar refractivity (Wildman–Crippen MR) is 105 cm³/mol.